The molecule has 0 fully saturated rings. The molecule has 0 bridgehead atoms. The molecule has 2 aromatic carbocycles. The van der Waals surface area contributed by atoms with Crippen molar-refractivity contribution in [3.8, 4) is 0 Å². The maximum atomic E-state index is 12.3. The molecule has 0 spiro atoms. The van der Waals surface area contributed by atoms with Gasteiger partial charge in [0.15, 0.2) is 0 Å². The second-order valence-corrected chi connectivity index (χ2v) is 6.24. The first kappa shape index (κ1) is 18.4. The molecule has 6 nitrogen and oxygen atoms in total. The van der Waals surface area contributed by atoms with Gasteiger partial charge in [0.2, 0.25) is 5.91 Å². The normalized spacial score (nSPS) is 10.5. The Kier molecular flexibility index (Phi) is 5.99. The lowest BCUT2D eigenvalue weighted by Gasteiger charge is -2.10. The minimum absolute atomic E-state index is 0.172. The fourth-order valence-corrected chi connectivity index (χ4v) is 2.77. The summed E-state index contributed by atoms with van der Waals surface area (Å²) in [5.41, 5.74) is 0.707. The third kappa shape index (κ3) is 5.04. The fourth-order valence-electron chi connectivity index (χ4n) is 2.77. The van der Waals surface area contributed by atoms with E-state index >= 15 is 0 Å². The van der Waals surface area contributed by atoms with Gasteiger partial charge in [-0.1, -0.05) is 60.7 Å². The van der Waals surface area contributed by atoms with E-state index in [2.05, 4.69) is 5.32 Å². The van der Waals surface area contributed by atoms with Crippen molar-refractivity contribution in [3.63, 3.8) is 0 Å². The van der Waals surface area contributed by atoms with Crippen LogP contribution in [0, 0.1) is 0 Å². The van der Waals surface area contributed by atoms with Crippen molar-refractivity contribution < 1.29 is 4.79 Å². The first-order chi connectivity index (χ1) is 13.1. The smallest absolute Gasteiger partial charge is 0.316 e. The Bertz CT molecular complexity index is 1010. The quantitative estimate of drug-likeness (QED) is 0.645. The SMILES string of the molecule is O=C(Cn1ccn(Cc2ccccc2)c(=O)c1=O)NCCc1ccccc1. The van der Waals surface area contributed by atoms with E-state index in [1.807, 2.05) is 60.7 Å². The fraction of sp³-hybridized carbons (Fsp3) is 0.190. The largest absolute Gasteiger partial charge is 0.354 e. The monoisotopic (exact) mass is 363 g/mol. The maximum absolute atomic E-state index is 12.3. The molecule has 6 heteroatoms. The minimum atomic E-state index is -0.702. The summed E-state index contributed by atoms with van der Waals surface area (Å²) in [5, 5.41) is 2.77. The molecule has 0 aliphatic carbocycles. The van der Waals surface area contributed by atoms with Crippen LogP contribution in [0.25, 0.3) is 0 Å². The molecule has 1 aromatic heterocycles. The average molecular weight is 363 g/mol. The van der Waals surface area contributed by atoms with Gasteiger partial charge in [0.1, 0.15) is 6.54 Å². The predicted octanol–water partition coefficient (Wildman–Crippen LogP) is 1.42. The van der Waals surface area contributed by atoms with Gasteiger partial charge in [-0.05, 0) is 17.5 Å². The van der Waals surface area contributed by atoms with E-state index < -0.39 is 11.1 Å². The van der Waals surface area contributed by atoms with Gasteiger partial charge in [-0.25, -0.2) is 0 Å². The molecule has 0 aliphatic rings. The molecule has 1 heterocycles. The van der Waals surface area contributed by atoms with E-state index in [0.29, 0.717) is 19.5 Å². The van der Waals surface area contributed by atoms with Gasteiger partial charge in [-0.15, -0.1) is 0 Å². The van der Waals surface area contributed by atoms with Crippen LogP contribution >= 0.6 is 0 Å². The van der Waals surface area contributed by atoms with Gasteiger partial charge in [-0.2, -0.15) is 0 Å². The lowest BCUT2D eigenvalue weighted by molar-refractivity contribution is -0.121. The summed E-state index contributed by atoms with van der Waals surface area (Å²) >= 11 is 0. The van der Waals surface area contributed by atoms with Crippen molar-refractivity contribution in [3.05, 3.63) is 105 Å². The van der Waals surface area contributed by atoms with Crippen LogP contribution in [0.15, 0.2) is 82.6 Å². The number of amides is 1. The second-order valence-electron chi connectivity index (χ2n) is 6.24. The highest BCUT2D eigenvalue weighted by atomic mass is 16.2. The third-order valence-corrected chi connectivity index (χ3v) is 4.22. The number of carbonyl (C=O) groups excluding carboxylic acids is 1. The van der Waals surface area contributed by atoms with E-state index in [-0.39, 0.29) is 12.5 Å². The maximum Gasteiger partial charge on any atom is 0.316 e. The van der Waals surface area contributed by atoms with E-state index in [4.69, 9.17) is 0 Å². The molecule has 1 N–H and O–H groups in total. The number of hydrogen-bond donors (Lipinski definition) is 1. The van der Waals surface area contributed by atoms with Crippen LogP contribution in [0.2, 0.25) is 0 Å². The zero-order valence-electron chi connectivity index (χ0n) is 14.9. The number of hydrogen-bond acceptors (Lipinski definition) is 3. The van der Waals surface area contributed by atoms with E-state index in [9.17, 15) is 14.4 Å². The van der Waals surface area contributed by atoms with Crippen LogP contribution in [-0.4, -0.2) is 21.6 Å². The number of aromatic nitrogens is 2. The number of carbonyl (C=O) groups is 1. The molecular weight excluding hydrogens is 342 g/mol. The number of benzene rings is 2. The number of nitrogens with zero attached hydrogens (tertiary/aromatic N) is 2. The van der Waals surface area contributed by atoms with Crippen LogP contribution < -0.4 is 16.4 Å². The first-order valence-electron chi connectivity index (χ1n) is 8.78. The molecule has 138 valence electrons. The zero-order valence-corrected chi connectivity index (χ0v) is 14.9. The molecule has 0 saturated carbocycles. The van der Waals surface area contributed by atoms with Crippen LogP contribution in [0.4, 0.5) is 0 Å². The van der Waals surface area contributed by atoms with Gasteiger partial charge in [0.25, 0.3) is 0 Å². The zero-order chi connectivity index (χ0) is 19.1. The Hall–Kier alpha value is -3.41. The summed E-state index contributed by atoms with van der Waals surface area (Å²) in [6.07, 6.45) is 3.72. The van der Waals surface area contributed by atoms with Crippen LogP contribution in [-0.2, 0) is 24.3 Å². The van der Waals surface area contributed by atoms with Gasteiger partial charge < -0.3 is 9.88 Å². The van der Waals surface area contributed by atoms with Crippen LogP contribution in [0.1, 0.15) is 11.1 Å². The Balaban J connectivity index is 1.60. The lowest BCUT2D eigenvalue weighted by Crippen LogP contribution is -2.43. The van der Waals surface area contributed by atoms with Crippen LogP contribution in [0.3, 0.4) is 0 Å². The Morgan fingerprint density at radius 1 is 0.778 bits per heavy atom. The standard InChI is InChI=1S/C21H21N3O3/c25-19(22-12-11-17-7-3-1-4-8-17)16-24-14-13-23(20(26)21(24)27)15-18-9-5-2-6-10-18/h1-10,13-14H,11-12,15-16H2,(H,22,25). The molecule has 27 heavy (non-hydrogen) atoms. The van der Waals surface area contributed by atoms with Crippen molar-refractivity contribution in [2.45, 2.75) is 19.5 Å². The first-order valence-corrected chi connectivity index (χ1v) is 8.78. The molecular formula is C21H21N3O3. The predicted molar refractivity (Wildman–Crippen MR) is 104 cm³/mol. The highest BCUT2D eigenvalue weighted by molar-refractivity contribution is 5.75. The van der Waals surface area contributed by atoms with E-state index in [1.54, 1.807) is 0 Å². The topological polar surface area (TPSA) is 73.1 Å². The van der Waals surface area contributed by atoms with Gasteiger partial charge >= 0.3 is 11.1 Å². The number of nitrogens with one attached hydrogen (secondary N) is 1. The summed E-state index contributed by atoms with van der Waals surface area (Å²) in [5.74, 6) is -0.298. The third-order valence-electron chi connectivity index (χ3n) is 4.22. The summed E-state index contributed by atoms with van der Waals surface area (Å²) < 4.78 is 2.49. The molecule has 0 aliphatic heterocycles. The molecule has 3 rings (SSSR count). The van der Waals surface area contributed by atoms with Crippen molar-refractivity contribution in [1.82, 2.24) is 14.5 Å². The van der Waals surface area contributed by atoms with Crippen LogP contribution in [0.5, 0.6) is 0 Å². The molecule has 0 unspecified atom stereocenters. The molecule has 3 aromatic rings. The highest BCUT2D eigenvalue weighted by Crippen LogP contribution is 2.00. The summed E-state index contributed by atoms with van der Waals surface area (Å²) in [7, 11) is 0. The molecule has 1 amide bonds. The Labute approximate surface area is 156 Å². The van der Waals surface area contributed by atoms with Crippen molar-refractivity contribution in [1.29, 1.82) is 0 Å². The van der Waals surface area contributed by atoms with Crippen molar-refractivity contribution >= 4 is 5.91 Å². The highest BCUT2D eigenvalue weighted by Gasteiger charge is 2.09. The average Bonchev–Trinajstić information content (AvgIpc) is 2.69. The molecule has 0 atom stereocenters. The van der Waals surface area contributed by atoms with Gasteiger partial charge in [0, 0.05) is 18.9 Å². The second kappa shape index (κ2) is 8.80. The molecule has 0 radical (unpaired) electrons. The lowest BCUT2D eigenvalue weighted by atomic mass is 10.1. The Morgan fingerprint density at radius 2 is 1.33 bits per heavy atom. The molecule has 0 saturated heterocycles. The van der Waals surface area contributed by atoms with E-state index in [1.165, 1.54) is 17.0 Å². The minimum Gasteiger partial charge on any atom is -0.354 e. The number of rotatable bonds is 7. The summed E-state index contributed by atoms with van der Waals surface area (Å²) in [4.78, 5) is 36.6. The van der Waals surface area contributed by atoms with Crippen molar-refractivity contribution in [2.75, 3.05) is 6.54 Å². The van der Waals surface area contributed by atoms with Gasteiger partial charge in [0.05, 0.1) is 6.54 Å². The van der Waals surface area contributed by atoms with Gasteiger partial charge in [-0.3, -0.25) is 19.0 Å². The summed E-state index contributed by atoms with van der Waals surface area (Å²) in [6.45, 7) is 0.622. The Morgan fingerprint density at radius 3 is 2.00 bits per heavy atom. The van der Waals surface area contributed by atoms with E-state index in [0.717, 1.165) is 15.7 Å². The summed E-state index contributed by atoms with van der Waals surface area (Å²) in [6, 6.07) is 19.2. The van der Waals surface area contributed by atoms with Crippen molar-refractivity contribution in [2.24, 2.45) is 0 Å².